The van der Waals surface area contributed by atoms with E-state index >= 15 is 0 Å². The van der Waals surface area contributed by atoms with E-state index in [1.807, 2.05) is 49.4 Å². The van der Waals surface area contributed by atoms with Gasteiger partial charge in [-0.3, -0.25) is 14.4 Å². The first-order valence-corrected chi connectivity index (χ1v) is 15.1. The Kier molecular flexibility index (Phi) is 8.58. The molecule has 1 spiro atoms. The van der Waals surface area contributed by atoms with E-state index < -0.39 is 29.1 Å². The molecule has 0 aliphatic carbocycles. The maximum Gasteiger partial charge on any atom is 0.253 e. The molecule has 1 N–H and O–H groups in total. The summed E-state index contributed by atoms with van der Waals surface area (Å²) in [6.45, 7) is 10.8. The number of carbonyl (C=O) groups is 3. The van der Waals surface area contributed by atoms with Crippen molar-refractivity contribution in [1.29, 1.82) is 0 Å². The molecule has 0 aromatic heterocycles. The molecule has 0 saturated carbocycles. The minimum absolute atomic E-state index is 0.131. The third-order valence-corrected chi connectivity index (χ3v) is 9.49. The Morgan fingerprint density at radius 2 is 1.74 bits per heavy atom. The minimum Gasteiger partial charge on any atom is -0.396 e. The van der Waals surface area contributed by atoms with Crippen LogP contribution >= 0.6 is 0 Å². The number of aliphatic hydroxyl groups excluding tert-OH is 1. The van der Waals surface area contributed by atoms with Crippen molar-refractivity contribution in [3.8, 4) is 0 Å². The monoisotopic (exact) mass is 573 g/mol. The van der Waals surface area contributed by atoms with Crippen LogP contribution in [0.4, 0.5) is 5.69 Å². The van der Waals surface area contributed by atoms with E-state index in [1.54, 1.807) is 33.9 Å². The third kappa shape index (κ3) is 4.94. The molecular weight excluding hydrogens is 530 g/mol. The van der Waals surface area contributed by atoms with Crippen LogP contribution in [0.1, 0.15) is 45.4 Å². The van der Waals surface area contributed by atoms with Crippen LogP contribution in [-0.2, 0) is 19.1 Å². The second-order valence-corrected chi connectivity index (χ2v) is 12.2. The van der Waals surface area contributed by atoms with Gasteiger partial charge >= 0.3 is 0 Å². The number of fused-ring (bicyclic) bond motifs is 2. The summed E-state index contributed by atoms with van der Waals surface area (Å²) in [7, 11) is 1.72. The quantitative estimate of drug-likeness (QED) is 0.285. The molecule has 3 heterocycles. The van der Waals surface area contributed by atoms with Gasteiger partial charge in [0.05, 0.1) is 17.4 Å². The highest BCUT2D eigenvalue weighted by molar-refractivity contribution is 6.06. The first-order valence-electron chi connectivity index (χ1n) is 15.1. The molecule has 5 rings (SSSR count). The second kappa shape index (κ2) is 12.0. The van der Waals surface area contributed by atoms with Gasteiger partial charge < -0.3 is 24.5 Å². The number of likely N-dealkylation sites (tertiary alicyclic amines) is 1. The molecule has 2 bridgehead atoms. The lowest BCUT2D eigenvalue weighted by Crippen LogP contribution is -2.56. The zero-order valence-corrected chi connectivity index (χ0v) is 24.8. The highest BCUT2D eigenvalue weighted by atomic mass is 16.5. The lowest BCUT2D eigenvalue weighted by Gasteiger charge is -2.37. The van der Waals surface area contributed by atoms with Crippen molar-refractivity contribution < 1.29 is 24.2 Å². The summed E-state index contributed by atoms with van der Waals surface area (Å²) < 4.78 is 6.80. The van der Waals surface area contributed by atoms with Gasteiger partial charge in [0.25, 0.3) is 5.91 Å². The SMILES string of the molecule is C=CCN(C)C(=O)[C@H]1[C@H]2C(=O)N(CCCCCCO)C(C(=O)N(CC=C)c3ccc4ccccc4c3)C23CC[C@]1(C)O3. The van der Waals surface area contributed by atoms with Gasteiger partial charge in [0.15, 0.2) is 0 Å². The van der Waals surface area contributed by atoms with E-state index in [4.69, 9.17) is 4.74 Å². The maximum absolute atomic E-state index is 14.8. The Bertz CT molecular complexity index is 1380. The lowest BCUT2D eigenvalue weighted by atomic mass is 9.66. The summed E-state index contributed by atoms with van der Waals surface area (Å²) >= 11 is 0. The van der Waals surface area contributed by atoms with Crippen LogP contribution in [0.3, 0.4) is 0 Å². The Balaban J connectivity index is 1.55. The molecule has 224 valence electrons. The summed E-state index contributed by atoms with van der Waals surface area (Å²) in [4.78, 5) is 47.9. The van der Waals surface area contributed by atoms with Crippen molar-refractivity contribution >= 4 is 34.2 Å². The molecule has 8 nitrogen and oxygen atoms in total. The molecule has 3 aliphatic heterocycles. The fourth-order valence-electron chi connectivity index (χ4n) is 7.53. The van der Waals surface area contributed by atoms with E-state index in [9.17, 15) is 19.5 Å². The summed E-state index contributed by atoms with van der Waals surface area (Å²) in [6.07, 6.45) is 7.56. The van der Waals surface area contributed by atoms with Gasteiger partial charge in [-0.25, -0.2) is 0 Å². The van der Waals surface area contributed by atoms with Gasteiger partial charge in [0.2, 0.25) is 11.8 Å². The average Bonchev–Trinajstić information content (AvgIpc) is 3.55. The van der Waals surface area contributed by atoms with E-state index in [0.29, 0.717) is 38.8 Å². The molecule has 2 aromatic rings. The number of rotatable bonds is 13. The highest BCUT2D eigenvalue weighted by Gasteiger charge is 2.78. The van der Waals surface area contributed by atoms with Crippen molar-refractivity contribution in [2.75, 3.05) is 38.2 Å². The molecule has 0 radical (unpaired) electrons. The van der Waals surface area contributed by atoms with E-state index in [0.717, 1.165) is 29.3 Å². The summed E-state index contributed by atoms with van der Waals surface area (Å²) in [5.41, 5.74) is -1.18. The van der Waals surface area contributed by atoms with Crippen LogP contribution in [0, 0.1) is 11.8 Å². The average molecular weight is 574 g/mol. The van der Waals surface area contributed by atoms with Gasteiger partial charge in [0, 0.05) is 39.0 Å². The number of likely N-dealkylation sites (N-methyl/N-ethyl adjacent to an activating group) is 1. The Morgan fingerprint density at radius 3 is 2.45 bits per heavy atom. The Hall–Kier alpha value is -3.49. The van der Waals surface area contributed by atoms with Gasteiger partial charge in [-0.05, 0) is 55.5 Å². The van der Waals surface area contributed by atoms with Gasteiger partial charge in [-0.15, -0.1) is 13.2 Å². The summed E-state index contributed by atoms with van der Waals surface area (Å²) in [5.74, 6) is -1.95. The lowest BCUT2D eigenvalue weighted by molar-refractivity contribution is -0.149. The molecular formula is C34H43N3O5. The van der Waals surface area contributed by atoms with Crippen LogP contribution < -0.4 is 4.90 Å². The number of hydrogen-bond acceptors (Lipinski definition) is 5. The van der Waals surface area contributed by atoms with Gasteiger partial charge in [0.1, 0.15) is 11.6 Å². The first-order chi connectivity index (χ1) is 20.2. The number of aliphatic hydroxyl groups is 1. The van der Waals surface area contributed by atoms with Crippen LogP contribution in [0.15, 0.2) is 67.8 Å². The van der Waals surface area contributed by atoms with Crippen molar-refractivity contribution in [2.45, 2.75) is 62.7 Å². The van der Waals surface area contributed by atoms with E-state index in [1.165, 1.54) is 0 Å². The number of amides is 3. The Morgan fingerprint density at radius 1 is 1.02 bits per heavy atom. The van der Waals surface area contributed by atoms with Gasteiger partial charge in [-0.1, -0.05) is 55.3 Å². The molecule has 3 saturated heterocycles. The molecule has 3 aliphatic rings. The summed E-state index contributed by atoms with van der Waals surface area (Å²) in [5, 5.41) is 11.3. The molecule has 3 amide bonds. The number of unbranched alkanes of at least 4 members (excludes halogenated alkanes) is 3. The van der Waals surface area contributed by atoms with Crippen LogP contribution in [0.2, 0.25) is 0 Å². The number of ether oxygens (including phenoxy) is 1. The number of hydrogen-bond donors (Lipinski definition) is 1. The molecule has 2 unspecified atom stereocenters. The predicted molar refractivity (Wildman–Crippen MR) is 164 cm³/mol. The van der Waals surface area contributed by atoms with Crippen molar-refractivity contribution in [3.63, 3.8) is 0 Å². The number of carbonyl (C=O) groups excluding carboxylic acids is 3. The highest BCUT2D eigenvalue weighted by Crippen LogP contribution is 2.63. The zero-order valence-electron chi connectivity index (χ0n) is 24.8. The smallest absolute Gasteiger partial charge is 0.253 e. The van der Waals surface area contributed by atoms with Gasteiger partial charge in [-0.2, -0.15) is 0 Å². The number of anilines is 1. The Labute approximate surface area is 248 Å². The number of nitrogens with zero attached hydrogens (tertiary/aromatic N) is 3. The largest absolute Gasteiger partial charge is 0.396 e. The molecule has 8 heteroatoms. The standard InChI is InChI=1S/C34H43N3O5/c1-5-19-35(4)30(39)27-28-31(40)37(21-11-7-8-12-22-38)29(34(28)18-17-33(27,3)42-34)32(41)36(20-6-2)26-16-15-24-13-9-10-14-25(24)23-26/h5-6,9-10,13-16,23,27-29,38H,1-2,7-8,11-12,17-22H2,3-4H3/t27-,28+,29?,33+,34?/m1/s1. The fourth-order valence-corrected chi connectivity index (χ4v) is 7.53. The van der Waals surface area contributed by atoms with Crippen molar-refractivity contribution in [3.05, 3.63) is 67.8 Å². The van der Waals surface area contributed by atoms with Crippen LogP contribution in [0.25, 0.3) is 10.8 Å². The topological polar surface area (TPSA) is 90.4 Å². The summed E-state index contributed by atoms with van der Waals surface area (Å²) in [6, 6.07) is 13.1. The fraction of sp³-hybridized carbons (Fsp3) is 0.500. The molecule has 3 fully saturated rings. The second-order valence-electron chi connectivity index (χ2n) is 12.2. The third-order valence-electron chi connectivity index (χ3n) is 9.49. The number of benzene rings is 2. The zero-order chi connectivity index (χ0) is 30.1. The predicted octanol–water partition coefficient (Wildman–Crippen LogP) is 4.32. The normalized spacial score (nSPS) is 27.7. The molecule has 42 heavy (non-hydrogen) atoms. The minimum atomic E-state index is -1.08. The van der Waals surface area contributed by atoms with Crippen LogP contribution in [0.5, 0.6) is 0 Å². The van der Waals surface area contributed by atoms with E-state index in [-0.39, 0.29) is 30.9 Å². The van der Waals surface area contributed by atoms with Crippen LogP contribution in [-0.4, -0.2) is 83.2 Å². The molecule has 2 aromatic carbocycles. The molecule has 5 atom stereocenters. The van der Waals surface area contributed by atoms with Crippen molar-refractivity contribution in [1.82, 2.24) is 9.80 Å². The van der Waals surface area contributed by atoms with E-state index in [2.05, 4.69) is 13.2 Å². The van der Waals surface area contributed by atoms with Crippen molar-refractivity contribution in [2.24, 2.45) is 11.8 Å². The maximum atomic E-state index is 14.8. The first kappa shape index (κ1) is 30.0.